The molecule has 1 aliphatic carbocycles. The number of ether oxygens (including phenoxy) is 1. The highest BCUT2D eigenvalue weighted by Crippen LogP contribution is 2.24. The zero-order valence-electron chi connectivity index (χ0n) is 19.4. The highest BCUT2D eigenvalue weighted by Gasteiger charge is 2.20. The van der Waals surface area contributed by atoms with Gasteiger partial charge in [0.1, 0.15) is 18.2 Å². The quantitative estimate of drug-likeness (QED) is 0.462. The van der Waals surface area contributed by atoms with E-state index in [-0.39, 0.29) is 11.8 Å². The summed E-state index contributed by atoms with van der Waals surface area (Å²) in [4.78, 5) is 17.3. The number of fused-ring (bicyclic) bond motifs is 1. The van der Waals surface area contributed by atoms with Gasteiger partial charge in [-0.2, -0.15) is 0 Å². The minimum absolute atomic E-state index is 0.218. The molecule has 1 aliphatic rings. The summed E-state index contributed by atoms with van der Waals surface area (Å²) in [7, 11) is 0. The molecule has 32 heavy (non-hydrogen) atoms. The summed E-state index contributed by atoms with van der Waals surface area (Å²) in [5.41, 5.74) is 4.59. The van der Waals surface area contributed by atoms with Crippen LogP contribution in [0.4, 0.5) is 0 Å². The van der Waals surface area contributed by atoms with Gasteiger partial charge in [-0.3, -0.25) is 4.79 Å². The van der Waals surface area contributed by atoms with Crippen LogP contribution < -0.4 is 10.1 Å². The van der Waals surface area contributed by atoms with Crippen LogP contribution in [0.2, 0.25) is 0 Å². The number of hydrogen-bond acceptors (Lipinski definition) is 3. The first-order valence-corrected chi connectivity index (χ1v) is 12.0. The third-order valence-electron chi connectivity index (χ3n) is 6.71. The Balaban J connectivity index is 1.35. The Bertz CT molecular complexity index is 1050. The number of rotatable bonds is 9. The van der Waals surface area contributed by atoms with Gasteiger partial charge in [0, 0.05) is 18.9 Å². The summed E-state index contributed by atoms with van der Waals surface area (Å²) in [6.45, 7) is 6.26. The second-order valence-corrected chi connectivity index (χ2v) is 8.94. The topological polar surface area (TPSA) is 56.1 Å². The van der Waals surface area contributed by atoms with Gasteiger partial charge in [-0.05, 0) is 62.4 Å². The van der Waals surface area contributed by atoms with Gasteiger partial charge in [-0.15, -0.1) is 0 Å². The van der Waals surface area contributed by atoms with Crippen molar-refractivity contribution in [2.75, 3.05) is 13.2 Å². The van der Waals surface area contributed by atoms with Crippen molar-refractivity contribution in [2.24, 2.45) is 5.92 Å². The number of aromatic nitrogens is 2. The van der Waals surface area contributed by atoms with Gasteiger partial charge in [0.15, 0.2) is 0 Å². The Hall–Kier alpha value is -2.82. The molecule has 1 fully saturated rings. The van der Waals surface area contributed by atoms with Crippen LogP contribution in [0.5, 0.6) is 5.75 Å². The maximum absolute atomic E-state index is 12.4. The van der Waals surface area contributed by atoms with Crippen molar-refractivity contribution in [1.29, 1.82) is 0 Å². The number of nitrogens with zero attached hydrogens (tertiary/aromatic N) is 2. The fraction of sp³-hybridized carbons (Fsp3) is 0.481. The molecule has 2 aromatic carbocycles. The van der Waals surface area contributed by atoms with Crippen molar-refractivity contribution in [1.82, 2.24) is 14.9 Å². The largest absolute Gasteiger partial charge is 0.491 e. The predicted molar refractivity (Wildman–Crippen MR) is 129 cm³/mol. The van der Waals surface area contributed by atoms with E-state index in [0.29, 0.717) is 13.2 Å². The SMILES string of the molecule is Cc1cccc(OCCn2c(CCCNC(=O)C3CCCCC3)nc3ccccc32)c1C. The van der Waals surface area contributed by atoms with Crippen molar-refractivity contribution in [3.8, 4) is 5.75 Å². The molecule has 4 rings (SSSR count). The lowest BCUT2D eigenvalue weighted by atomic mass is 9.89. The van der Waals surface area contributed by atoms with Gasteiger partial charge in [0.2, 0.25) is 5.91 Å². The van der Waals surface area contributed by atoms with E-state index in [1.165, 1.54) is 30.4 Å². The summed E-state index contributed by atoms with van der Waals surface area (Å²) in [6, 6.07) is 14.4. The summed E-state index contributed by atoms with van der Waals surface area (Å²) >= 11 is 0. The molecule has 1 N–H and O–H groups in total. The molecule has 3 aromatic rings. The Kier molecular flexibility index (Phi) is 7.46. The van der Waals surface area contributed by atoms with Crippen LogP contribution in [-0.4, -0.2) is 28.6 Å². The van der Waals surface area contributed by atoms with Crippen LogP contribution in [0, 0.1) is 19.8 Å². The van der Waals surface area contributed by atoms with Gasteiger partial charge >= 0.3 is 0 Å². The molecule has 170 valence electrons. The van der Waals surface area contributed by atoms with E-state index >= 15 is 0 Å². The molecular weight excluding hydrogens is 398 g/mol. The molecule has 0 bridgehead atoms. The van der Waals surface area contributed by atoms with Crippen molar-refractivity contribution in [2.45, 2.75) is 65.3 Å². The third-order valence-corrected chi connectivity index (χ3v) is 6.71. The van der Waals surface area contributed by atoms with Gasteiger partial charge in [-0.25, -0.2) is 4.98 Å². The van der Waals surface area contributed by atoms with Crippen molar-refractivity contribution < 1.29 is 9.53 Å². The predicted octanol–water partition coefficient (Wildman–Crippen LogP) is 5.36. The number of nitrogens with one attached hydrogen (secondary N) is 1. The number of amides is 1. The number of benzene rings is 2. The Morgan fingerprint density at radius 3 is 2.75 bits per heavy atom. The molecule has 1 heterocycles. The minimum atomic E-state index is 0.218. The van der Waals surface area contributed by atoms with Crippen LogP contribution in [-0.2, 0) is 17.8 Å². The number of imidazole rings is 1. The molecular formula is C27H35N3O2. The van der Waals surface area contributed by atoms with Gasteiger partial charge in [-0.1, -0.05) is 43.5 Å². The summed E-state index contributed by atoms with van der Waals surface area (Å²) in [6.07, 6.45) is 7.46. The number of carbonyl (C=O) groups excluding carboxylic acids is 1. The van der Waals surface area contributed by atoms with Crippen LogP contribution in [0.3, 0.4) is 0 Å². The molecule has 0 aliphatic heterocycles. The number of carbonyl (C=O) groups is 1. The monoisotopic (exact) mass is 433 g/mol. The zero-order valence-corrected chi connectivity index (χ0v) is 19.4. The Morgan fingerprint density at radius 1 is 1.09 bits per heavy atom. The molecule has 0 atom stereocenters. The first-order chi connectivity index (χ1) is 15.6. The van der Waals surface area contributed by atoms with E-state index in [1.54, 1.807) is 0 Å². The molecule has 1 saturated carbocycles. The maximum Gasteiger partial charge on any atom is 0.223 e. The maximum atomic E-state index is 12.4. The van der Waals surface area contributed by atoms with Crippen LogP contribution in [0.15, 0.2) is 42.5 Å². The Labute approximate surface area is 191 Å². The standard InChI is InChI=1S/C27H35N3O2/c1-20-10-8-15-25(21(20)2)32-19-18-30-24-14-7-6-13-23(24)29-26(30)16-9-17-28-27(31)22-11-4-3-5-12-22/h6-8,10,13-15,22H,3-5,9,11-12,16-19H2,1-2H3,(H,28,31). The van der Waals surface area contributed by atoms with Crippen LogP contribution in [0.25, 0.3) is 11.0 Å². The normalized spacial score (nSPS) is 14.6. The first-order valence-electron chi connectivity index (χ1n) is 12.0. The summed E-state index contributed by atoms with van der Waals surface area (Å²) < 4.78 is 8.38. The highest BCUT2D eigenvalue weighted by atomic mass is 16.5. The second kappa shape index (κ2) is 10.7. The smallest absolute Gasteiger partial charge is 0.223 e. The average molecular weight is 434 g/mol. The molecule has 0 unspecified atom stereocenters. The van der Waals surface area contributed by atoms with E-state index in [2.05, 4.69) is 48.0 Å². The van der Waals surface area contributed by atoms with Crippen molar-refractivity contribution in [3.05, 3.63) is 59.4 Å². The molecule has 5 heteroatoms. The van der Waals surface area contributed by atoms with Gasteiger partial charge in [0.25, 0.3) is 0 Å². The van der Waals surface area contributed by atoms with Crippen LogP contribution >= 0.6 is 0 Å². The molecule has 0 saturated heterocycles. The van der Waals surface area contributed by atoms with Gasteiger partial charge in [0.05, 0.1) is 17.6 Å². The first kappa shape index (κ1) is 22.4. The highest BCUT2D eigenvalue weighted by molar-refractivity contribution is 5.78. The average Bonchev–Trinajstić information content (AvgIpc) is 3.17. The lowest BCUT2D eigenvalue weighted by Crippen LogP contribution is -2.32. The number of aryl methyl sites for hydroxylation is 2. The molecule has 0 radical (unpaired) electrons. The van der Waals surface area contributed by atoms with Gasteiger partial charge < -0.3 is 14.6 Å². The number of hydrogen-bond donors (Lipinski definition) is 1. The molecule has 1 aromatic heterocycles. The van der Waals surface area contributed by atoms with E-state index in [0.717, 1.165) is 54.8 Å². The minimum Gasteiger partial charge on any atom is -0.491 e. The fourth-order valence-electron chi connectivity index (χ4n) is 4.66. The molecule has 5 nitrogen and oxygen atoms in total. The van der Waals surface area contributed by atoms with Crippen LogP contribution in [0.1, 0.15) is 55.5 Å². The van der Waals surface area contributed by atoms with E-state index in [4.69, 9.17) is 9.72 Å². The molecule has 1 amide bonds. The molecule has 0 spiro atoms. The summed E-state index contributed by atoms with van der Waals surface area (Å²) in [5, 5.41) is 3.15. The third kappa shape index (κ3) is 5.32. The summed E-state index contributed by atoms with van der Waals surface area (Å²) in [5.74, 6) is 2.46. The van der Waals surface area contributed by atoms with Crippen molar-refractivity contribution >= 4 is 16.9 Å². The lowest BCUT2D eigenvalue weighted by molar-refractivity contribution is -0.125. The van der Waals surface area contributed by atoms with Crippen molar-refractivity contribution in [3.63, 3.8) is 0 Å². The van der Waals surface area contributed by atoms with E-state index in [9.17, 15) is 4.79 Å². The fourth-order valence-corrected chi connectivity index (χ4v) is 4.66. The Morgan fingerprint density at radius 2 is 1.91 bits per heavy atom. The van der Waals surface area contributed by atoms with E-state index in [1.807, 2.05) is 18.2 Å². The van der Waals surface area contributed by atoms with E-state index < -0.39 is 0 Å². The number of para-hydroxylation sites is 2. The zero-order chi connectivity index (χ0) is 22.3. The lowest BCUT2D eigenvalue weighted by Gasteiger charge is -2.20. The second-order valence-electron chi connectivity index (χ2n) is 8.94.